The van der Waals surface area contributed by atoms with Crippen LogP contribution >= 0.6 is 0 Å². The Bertz CT molecular complexity index is 928. The minimum Gasteiger partial charge on any atom is -0.469 e. The first-order valence-electron chi connectivity index (χ1n) is 10.4. The Morgan fingerprint density at radius 1 is 1.28 bits per heavy atom. The van der Waals surface area contributed by atoms with E-state index in [1.165, 1.54) is 13.4 Å². The third-order valence-corrected chi connectivity index (χ3v) is 7.20. The van der Waals surface area contributed by atoms with Gasteiger partial charge in [0.2, 0.25) is 11.7 Å². The molecule has 1 atom stereocenters. The van der Waals surface area contributed by atoms with E-state index in [0.29, 0.717) is 5.69 Å². The van der Waals surface area contributed by atoms with Crippen LogP contribution in [-0.2, 0) is 32.2 Å². The van der Waals surface area contributed by atoms with Crippen molar-refractivity contribution in [1.82, 2.24) is 19.7 Å². The number of hydrogen-bond donors (Lipinski definition) is 1. The maximum atomic E-state index is 12.3. The van der Waals surface area contributed by atoms with Gasteiger partial charge < -0.3 is 23.3 Å². The number of aryl methyl sites for hydroxylation is 1. The lowest BCUT2D eigenvalue weighted by Gasteiger charge is -2.25. The average Bonchev–Trinajstić information content (AvgIpc) is 3.28. The summed E-state index contributed by atoms with van der Waals surface area (Å²) in [5.41, 5.74) is -0.178. The smallest absolute Gasteiger partial charge is 0.413 e. The monoisotopic (exact) mass is 467 g/mol. The van der Waals surface area contributed by atoms with Crippen molar-refractivity contribution in [1.29, 1.82) is 0 Å². The molecule has 0 radical (unpaired) electrons. The first kappa shape index (κ1) is 25.5. The summed E-state index contributed by atoms with van der Waals surface area (Å²) in [7, 11) is -0.202. The fourth-order valence-electron chi connectivity index (χ4n) is 2.41. The van der Waals surface area contributed by atoms with Crippen LogP contribution in [0, 0.1) is 0 Å². The third kappa shape index (κ3) is 7.45. The number of aromatic nitrogens is 4. The van der Waals surface area contributed by atoms with Crippen molar-refractivity contribution in [3.63, 3.8) is 0 Å². The maximum Gasteiger partial charge on any atom is 0.413 e. The zero-order valence-corrected chi connectivity index (χ0v) is 21.0. The number of carbonyl (C=O) groups is 2. The fraction of sp³-hybridized carbons (Fsp3) is 0.650. The van der Waals surface area contributed by atoms with Gasteiger partial charge in [0.05, 0.1) is 27.9 Å². The van der Waals surface area contributed by atoms with Gasteiger partial charge in [-0.1, -0.05) is 24.8 Å². The standard InChI is InChI=1S/C20H33N5O6Si/c1-13(32(6,7)8)29-12-25-11-21-17(23-19(27)30-20(2,3)4)16(25)18-22-14(31-24-18)9-10-15(26)28-5/h11,13H,9-10,12H2,1-8H3,(H,23,27). The molecular weight excluding hydrogens is 434 g/mol. The Morgan fingerprint density at radius 2 is 1.97 bits per heavy atom. The van der Waals surface area contributed by atoms with E-state index in [4.69, 9.17) is 14.0 Å². The van der Waals surface area contributed by atoms with Gasteiger partial charge in [-0.3, -0.25) is 10.1 Å². The number of carbonyl (C=O) groups excluding carboxylic acids is 2. The number of ether oxygens (including phenoxy) is 3. The van der Waals surface area contributed by atoms with Gasteiger partial charge in [-0.15, -0.1) is 0 Å². The number of nitrogens with zero attached hydrogens (tertiary/aromatic N) is 4. The highest BCUT2D eigenvalue weighted by Crippen LogP contribution is 2.26. The molecule has 178 valence electrons. The first-order chi connectivity index (χ1) is 14.8. The van der Waals surface area contributed by atoms with Gasteiger partial charge >= 0.3 is 12.1 Å². The summed E-state index contributed by atoms with van der Waals surface area (Å²) in [5.74, 6) is 0.301. The molecule has 0 aromatic carbocycles. The number of methoxy groups -OCH3 is 1. The van der Waals surface area contributed by atoms with E-state index in [1.807, 2.05) is 6.92 Å². The minimum absolute atomic E-state index is 0.0842. The SMILES string of the molecule is COC(=O)CCc1nc(-c2c(NC(=O)OC(C)(C)C)ncn2COC(C)[Si](C)(C)C)no1. The summed E-state index contributed by atoms with van der Waals surface area (Å²) in [6.45, 7) is 14.2. The number of nitrogens with one attached hydrogen (secondary N) is 1. The number of rotatable bonds is 9. The molecule has 1 N–H and O–H groups in total. The summed E-state index contributed by atoms with van der Waals surface area (Å²) in [6.07, 6.45) is 1.21. The molecule has 0 spiro atoms. The first-order valence-corrected chi connectivity index (χ1v) is 13.9. The van der Waals surface area contributed by atoms with Crippen LogP contribution in [0.1, 0.15) is 40.0 Å². The van der Waals surface area contributed by atoms with Gasteiger partial charge in [0, 0.05) is 12.1 Å². The van der Waals surface area contributed by atoms with Crippen LogP contribution in [0.5, 0.6) is 0 Å². The summed E-state index contributed by atoms with van der Waals surface area (Å²) < 4.78 is 23.0. The number of esters is 1. The quantitative estimate of drug-likeness (QED) is 0.434. The van der Waals surface area contributed by atoms with Gasteiger partial charge in [0.15, 0.2) is 5.82 Å². The predicted molar refractivity (Wildman–Crippen MR) is 120 cm³/mol. The van der Waals surface area contributed by atoms with Crippen molar-refractivity contribution in [2.45, 2.75) is 78.2 Å². The summed E-state index contributed by atoms with van der Waals surface area (Å²) >= 11 is 0. The largest absolute Gasteiger partial charge is 0.469 e. The molecule has 2 aromatic rings. The van der Waals surface area contributed by atoms with Crippen LogP contribution in [0.2, 0.25) is 19.6 Å². The second-order valence-corrected chi connectivity index (χ2v) is 15.0. The second kappa shape index (κ2) is 10.3. The highest BCUT2D eigenvalue weighted by atomic mass is 28.3. The zero-order chi connectivity index (χ0) is 24.1. The van der Waals surface area contributed by atoms with Crippen molar-refractivity contribution in [3.05, 3.63) is 12.2 Å². The van der Waals surface area contributed by atoms with Crippen LogP contribution in [-0.4, -0.2) is 58.3 Å². The van der Waals surface area contributed by atoms with E-state index >= 15 is 0 Å². The lowest BCUT2D eigenvalue weighted by atomic mass is 10.2. The van der Waals surface area contributed by atoms with Crippen molar-refractivity contribution >= 4 is 26.0 Å². The Hall–Kier alpha value is -2.73. The Morgan fingerprint density at radius 3 is 2.56 bits per heavy atom. The summed E-state index contributed by atoms with van der Waals surface area (Å²) in [4.78, 5) is 32.3. The lowest BCUT2D eigenvalue weighted by molar-refractivity contribution is -0.140. The Labute approximate surface area is 188 Å². The van der Waals surface area contributed by atoms with Gasteiger partial charge in [-0.2, -0.15) is 4.98 Å². The van der Waals surface area contributed by atoms with E-state index in [0.717, 1.165) is 0 Å². The highest BCUT2D eigenvalue weighted by molar-refractivity contribution is 6.77. The molecule has 0 bridgehead atoms. The van der Waals surface area contributed by atoms with Gasteiger partial charge in [-0.25, -0.2) is 9.78 Å². The molecule has 0 aliphatic carbocycles. The van der Waals surface area contributed by atoms with Crippen molar-refractivity contribution in [2.75, 3.05) is 12.4 Å². The minimum atomic E-state index is -1.52. The summed E-state index contributed by atoms with van der Waals surface area (Å²) in [5, 5.41) is 6.64. The number of hydrogen-bond acceptors (Lipinski definition) is 9. The molecule has 32 heavy (non-hydrogen) atoms. The molecule has 2 heterocycles. The molecule has 0 aliphatic rings. The van der Waals surface area contributed by atoms with Gasteiger partial charge in [0.1, 0.15) is 18.0 Å². The Balaban J connectivity index is 2.29. The van der Waals surface area contributed by atoms with Gasteiger partial charge in [0.25, 0.3) is 0 Å². The molecule has 0 aliphatic heterocycles. The van der Waals surface area contributed by atoms with Crippen LogP contribution in [0.25, 0.3) is 11.5 Å². The topological polar surface area (TPSA) is 131 Å². The van der Waals surface area contributed by atoms with Crippen LogP contribution in [0.4, 0.5) is 10.6 Å². The number of imidazole rings is 1. The number of amides is 1. The van der Waals surface area contributed by atoms with E-state index in [-0.39, 0.29) is 48.8 Å². The third-order valence-electron chi connectivity index (χ3n) is 4.59. The van der Waals surface area contributed by atoms with Crippen LogP contribution in [0.15, 0.2) is 10.9 Å². The van der Waals surface area contributed by atoms with Crippen molar-refractivity contribution < 1.29 is 28.3 Å². The Kier molecular flexibility index (Phi) is 8.18. The van der Waals surface area contributed by atoms with Gasteiger partial charge in [-0.05, 0) is 27.7 Å². The summed E-state index contributed by atoms with van der Waals surface area (Å²) in [6, 6.07) is 0. The molecule has 1 unspecified atom stereocenters. The van der Waals surface area contributed by atoms with Crippen molar-refractivity contribution in [2.24, 2.45) is 0 Å². The molecule has 2 aromatic heterocycles. The highest BCUT2D eigenvalue weighted by Gasteiger charge is 2.26. The van der Waals surface area contributed by atoms with Crippen LogP contribution in [0.3, 0.4) is 0 Å². The molecule has 2 rings (SSSR count). The van der Waals surface area contributed by atoms with E-state index in [9.17, 15) is 9.59 Å². The predicted octanol–water partition coefficient (Wildman–Crippen LogP) is 3.63. The molecule has 12 heteroatoms. The fourth-order valence-corrected chi connectivity index (χ4v) is 2.99. The van der Waals surface area contributed by atoms with Crippen molar-refractivity contribution in [3.8, 4) is 11.5 Å². The molecule has 1 amide bonds. The normalized spacial score (nSPS) is 13.0. The molecule has 0 saturated carbocycles. The zero-order valence-electron chi connectivity index (χ0n) is 20.0. The molecule has 0 saturated heterocycles. The van der Waals surface area contributed by atoms with Crippen LogP contribution < -0.4 is 5.32 Å². The molecular formula is C20H33N5O6Si. The maximum absolute atomic E-state index is 12.3. The van der Waals surface area contributed by atoms with E-state index < -0.39 is 19.8 Å². The molecule has 11 nitrogen and oxygen atoms in total. The second-order valence-electron chi connectivity index (χ2n) is 9.43. The van der Waals surface area contributed by atoms with E-state index in [1.54, 1.807) is 25.3 Å². The molecule has 0 fully saturated rings. The lowest BCUT2D eigenvalue weighted by Crippen LogP contribution is -2.38. The number of anilines is 1. The van der Waals surface area contributed by atoms with E-state index in [2.05, 4.69) is 44.8 Å². The average molecular weight is 468 g/mol.